The third kappa shape index (κ3) is 5.66. The average molecular weight is 615 g/mol. The standard InChI is InChI=1S/C22H17Cl2N5O6S3/c1-29-22(36-20(28-29)12-5-7-15(23)17(10-12)38(26,34)35)27-19-16(24)8-6-14(21(30)31)18(19)11-3-2-4-13(9-11)37(25,32)33/h2-10H,1H3,(H,30,31)(H2,25,32,33)(H2,26,34,35). The first-order valence-electron chi connectivity index (χ1n) is 10.3. The Bertz CT molecular complexity index is 1900. The van der Waals surface area contributed by atoms with Crippen LogP contribution in [0.4, 0.5) is 5.69 Å². The molecule has 0 aliphatic rings. The molecule has 0 aliphatic carbocycles. The molecular weight excluding hydrogens is 597 g/mol. The fraction of sp³-hybridized carbons (Fsp3) is 0.0455. The molecular formula is C22H17Cl2N5O6S3. The molecule has 0 saturated carbocycles. The quantitative estimate of drug-likeness (QED) is 0.297. The van der Waals surface area contributed by atoms with Crippen molar-refractivity contribution in [3.05, 3.63) is 75.0 Å². The van der Waals surface area contributed by atoms with E-state index < -0.39 is 26.0 Å². The van der Waals surface area contributed by atoms with E-state index in [1.54, 1.807) is 13.1 Å². The van der Waals surface area contributed by atoms with Crippen molar-refractivity contribution in [2.75, 3.05) is 0 Å². The number of aryl methyl sites for hydroxylation is 1. The van der Waals surface area contributed by atoms with Gasteiger partial charge in [0.25, 0.3) is 0 Å². The molecule has 0 aliphatic heterocycles. The van der Waals surface area contributed by atoms with Gasteiger partial charge in [0.2, 0.25) is 24.8 Å². The maximum absolute atomic E-state index is 12.1. The molecule has 0 saturated heterocycles. The molecule has 198 valence electrons. The molecule has 0 atom stereocenters. The second kappa shape index (κ2) is 10.2. The molecule has 0 unspecified atom stereocenters. The van der Waals surface area contributed by atoms with Crippen LogP contribution in [0.1, 0.15) is 10.4 Å². The topological polar surface area (TPSA) is 188 Å². The predicted molar refractivity (Wildman–Crippen MR) is 143 cm³/mol. The van der Waals surface area contributed by atoms with Gasteiger partial charge in [-0.25, -0.2) is 41.6 Å². The molecule has 4 rings (SSSR count). The zero-order valence-corrected chi connectivity index (χ0v) is 23.1. The van der Waals surface area contributed by atoms with Crippen LogP contribution in [0.3, 0.4) is 0 Å². The van der Waals surface area contributed by atoms with Gasteiger partial charge in [-0.15, -0.1) is 0 Å². The Morgan fingerprint density at radius 3 is 2.29 bits per heavy atom. The summed E-state index contributed by atoms with van der Waals surface area (Å²) in [6.45, 7) is 0. The summed E-state index contributed by atoms with van der Waals surface area (Å²) in [5, 5.41) is 25.1. The van der Waals surface area contributed by atoms with E-state index in [0.717, 1.165) is 11.3 Å². The molecule has 1 aromatic heterocycles. The van der Waals surface area contributed by atoms with E-state index in [4.69, 9.17) is 33.5 Å². The van der Waals surface area contributed by atoms with Crippen molar-refractivity contribution < 1.29 is 26.7 Å². The van der Waals surface area contributed by atoms with Crippen LogP contribution in [-0.4, -0.2) is 37.7 Å². The van der Waals surface area contributed by atoms with E-state index in [0.29, 0.717) is 10.6 Å². The number of carboxylic acid groups (broad SMARTS) is 1. The summed E-state index contributed by atoms with van der Waals surface area (Å²) in [6, 6.07) is 12.3. The normalized spacial score (nSPS) is 12.6. The van der Waals surface area contributed by atoms with Gasteiger partial charge in [-0.1, -0.05) is 52.7 Å². The van der Waals surface area contributed by atoms with Crippen molar-refractivity contribution in [3.8, 4) is 21.7 Å². The number of nitrogens with zero attached hydrogens (tertiary/aromatic N) is 3. The number of aromatic nitrogens is 2. The maximum Gasteiger partial charge on any atom is 0.336 e. The Morgan fingerprint density at radius 2 is 1.66 bits per heavy atom. The Kier molecular flexibility index (Phi) is 7.51. The third-order valence-corrected chi connectivity index (χ3v) is 8.87. The minimum atomic E-state index is -4.09. The number of nitrogens with two attached hydrogens (primary N) is 2. The number of carbonyl (C=O) groups is 1. The lowest BCUT2D eigenvalue weighted by molar-refractivity contribution is 0.0697. The highest BCUT2D eigenvalue weighted by Gasteiger charge is 2.21. The Labute approximate surface area is 230 Å². The van der Waals surface area contributed by atoms with Gasteiger partial charge < -0.3 is 5.11 Å². The molecule has 4 aromatic rings. The first kappa shape index (κ1) is 27.9. The number of rotatable bonds is 6. The fourth-order valence-electron chi connectivity index (χ4n) is 3.49. The first-order chi connectivity index (χ1) is 17.7. The molecule has 0 radical (unpaired) electrons. The van der Waals surface area contributed by atoms with Crippen LogP contribution < -0.4 is 15.1 Å². The second-order valence-corrected chi connectivity index (χ2v) is 12.7. The second-order valence-electron chi connectivity index (χ2n) is 7.81. The van der Waals surface area contributed by atoms with Gasteiger partial charge in [-0.05, 0) is 42.0 Å². The van der Waals surface area contributed by atoms with Crippen molar-refractivity contribution >= 4 is 66.2 Å². The van der Waals surface area contributed by atoms with E-state index in [1.807, 2.05) is 0 Å². The highest BCUT2D eigenvalue weighted by atomic mass is 35.5. The Hall–Kier alpha value is -3.11. The van der Waals surface area contributed by atoms with E-state index >= 15 is 0 Å². The maximum atomic E-state index is 12.1. The molecule has 1 heterocycles. The smallest absolute Gasteiger partial charge is 0.336 e. The molecule has 5 N–H and O–H groups in total. The highest BCUT2D eigenvalue weighted by molar-refractivity contribution is 7.89. The van der Waals surface area contributed by atoms with E-state index in [9.17, 15) is 26.7 Å². The first-order valence-corrected chi connectivity index (χ1v) is 14.9. The summed E-state index contributed by atoms with van der Waals surface area (Å²) < 4.78 is 49.0. The van der Waals surface area contributed by atoms with Crippen molar-refractivity contribution in [1.82, 2.24) is 9.78 Å². The molecule has 0 spiro atoms. The summed E-state index contributed by atoms with van der Waals surface area (Å²) >= 11 is 13.5. The summed E-state index contributed by atoms with van der Waals surface area (Å²) in [6.07, 6.45) is 0. The highest BCUT2D eigenvalue weighted by Crippen LogP contribution is 2.40. The van der Waals surface area contributed by atoms with Crippen LogP contribution in [0, 0.1) is 0 Å². The van der Waals surface area contributed by atoms with Crippen LogP contribution in [0.2, 0.25) is 10.0 Å². The van der Waals surface area contributed by atoms with Gasteiger partial charge in [0.05, 0.1) is 26.2 Å². The van der Waals surface area contributed by atoms with E-state index in [1.165, 1.54) is 53.2 Å². The lowest BCUT2D eigenvalue weighted by atomic mass is 9.97. The van der Waals surface area contributed by atoms with Crippen molar-refractivity contribution in [2.45, 2.75) is 9.79 Å². The SMILES string of the molecule is Cn1nc(-c2ccc(Cl)c(S(N)(=O)=O)c2)sc1=Nc1c(Cl)ccc(C(=O)O)c1-c1cccc(S(N)(=O)=O)c1. The summed E-state index contributed by atoms with van der Waals surface area (Å²) in [4.78, 5) is 16.4. The number of benzene rings is 3. The molecule has 16 heteroatoms. The van der Waals surface area contributed by atoms with Crippen LogP contribution >= 0.6 is 34.5 Å². The van der Waals surface area contributed by atoms with Gasteiger partial charge in [0.15, 0.2) is 0 Å². The predicted octanol–water partition coefficient (Wildman–Crippen LogP) is 3.35. The Balaban J connectivity index is 1.97. The molecule has 0 fully saturated rings. The van der Waals surface area contributed by atoms with Crippen LogP contribution in [-0.2, 0) is 27.1 Å². The van der Waals surface area contributed by atoms with Gasteiger partial charge >= 0.3 is 5.97 Å². The minimum absolute atomic E-state index is 0.0465. The lowest BCUT2D eigenvalue weighted by Gasteiger charge is -2.12. The average Bonchev–Trinajstić information content (AvgIpc) is 3.19. The number of carboxylic acids is 1. The zero-order chi connectivity index (χ0) is 28.0. The number of halogens is 2. The number of hydrogen-bond acceptors (Lipinski definition) is 8. The zero-order valence-electron chi connectivity index (χ0n) is 19.2. The minimum Gasteiger partial charge on any atom is -0.478 e. The number of sulfonamides is 2. The fourth-order valence-corrected chi connectivity index (χ4v) is 6.21. The van der Waals surface area contributed by atoms with E-state index in [-0.39, 0.29) is 47.0 Å². The third-order valence-electron chi connectivity index (χ3n) is 5.21. The van der Waals surface area contributed by atoms with Gasteiger partial charge in [0.1, 0.15) is 9.90 Å². The number of aromatic carboxylic acids is 1. The van der Waals surface area contributed by atoms with Gasteiger partial charge in [-0.3, -0.25) is 0 Å². The van der Waals surface area contributed by atoms with E-state index in [2.05, 4.69) is 10.1 Å². The van der Waals surface area contributed by atoms with Crippen molar-refractivity contribution in [2.24, 2.45) is 22.3 Å². The summed E-state index contributed by atoms with van der Waals surface area (Å²) in [5.74, 6) is -1.29. The van der Waals surface area contributed by atoms with Crippen LogP contribution in [0.15, 0.2) is 69.4 Å². The molecule has 0 amide bonds. The Morgan fingerprint density at radius 1 is 0.974 bits per heavy atom. The van der Waals surface area contributed by atoms with Crippen molar-refractivity contribution in [1.29, 1.82) is 0 Å². The van der Waals surface area contributed by atoms with Crippen LogP contribution in [0.5, 0.6) is 0 Å². The van der Waals surface area contributed by atoms with Crippen molar-refractivity contribution in [3.63, 3.8) is 0 Å². The lowest BCUT2D eigenvalue weighted by Crippen LogP contribution is -2.13. The number of hydrogen-bond donors (Lipinski definition) is 3. The monoisotopic (exact) mass is 613 g/mol. The molecule has 38 heavy (non-hydrogen) atoms. The molecule has 11 nitrogen and oxygen atoms in total. The molecule has 3 aromatic carbocycles. The summed E-state index contributed by atoms with van der Waals surface area (Å²) in [7, 11) is -6.60. The van der Waals surface area contributed by atoms with Crippen LogP contribution in [0.25, 0.3) is 21.7 Å². The van der Waals surface area contributed by atoms with Gasteiger partial charge in [0, 0.05) is 18.2 Å². The largest absolute Gasteiger partial charge is 0.478 e. The molecule has 0 bridgehead atoms. The summed E-state index contributed by atoms with van der Waals surface area (Å²) in [5.41, 5.74) is 0.534. The number of primary sulfonamides is 2. The van der Waals surface area contributed by atoms with Gasteiger partial charge in [-0.2, -0.15) is 5.10 Å².